The van der Waals surface area contributed by atoms with Crippen LogP contribution in [0.15, 0.2) is 18.2 Å². The normalized spacial score (nSPS) is 10.0. The van der Waals surface area contributed by atoms with Crippen molar-refractivity contribution in [3.05, 3.63) is 18.2 Å². The molecule has 7 nitrogen and oxygen atoms in total. The number of ether oxygens (including phenoxy) is 3. The van der Waals surface area contributed by atoms with Crippen LogP contribution >= 0.6 is 0 Å². The molecule has 0 saturated heterocycles. The Labute approximate surface area is 143 Å². The summed E-state index contributed by atoms with van der Waals surface area (Å²) in [7, 11) is 1.49. The van der Waals surface area contributed by atoms with E-state index < -0.39 is 12.2 Å². The lowest BCUT2D eigenvalue weighted by atomic mass is 10.3. The molecule has 0 aromatic heterocycles. The Hall–Kier alpha value is -2.44. The number of benzene rings is 1. The fourth-order valence-corrected chi connectivity index (χ4v) is 2.08. The van der Waals surface area contributed by atoms with E-state index in [1.165, 1.54) is 13.2 Å². The Morgan fingerprint density at radius 3 is 1.38 bits per heavy atom. The van der Waals surface area contributed by atoms with E-state index in [9.17, 15) is 9.59 Å². The highest BCUT2D eigenvalue weighted by molar-refractivity contribution is 5.73. The van der Waals surface area contributed by atoms with Crippen molar-refractivity contribution in [2.75, 3.05) is 33.3 Å². The molecule has 0 aliphatic carbocycles. The van der Waals surface area contributed by atoms with Gasteiger partial charge in [0.05, 0.1) is 7.11 Å². The Balaban J connectivity index is 2.95. The molecule has 24 heavy (non-hydrogen) atoms. The first kappa shape index (κ1) is 19.6. The molecule has 0 unspecified atom stereocenters. The lowest BCUT2D eigenvalue weighted by Gasteiger charge is -2.20. The SMILES string of the molecule is CCN(CC)C(=O)Oc1cc(OC)cc(OC(=O)N(CC)CC)c1. The van der Waals surface area contributed by atoms with E-state index >= 15 is 0 Å². The van der Waals surface area contributed by atoms with E-state index in [4.69, 9.17) is 14.2 Å². The van der Waals surface area contributed by atoms with Crippen molar-refractivity contribution in [2.24, 2.45) is 0 Å². The minimum absolute atomic E-state index is 0.258. The van der Waals surface area contributed by atoms with Gasteiger partial charge in [-0.15, -0.1) is 0 Å². The highest BCUT2D eigenvalue weighted by Gasteiger charge is 2.16. The molecule has 0 atom stereocenters. The van der Waals surface area contributed by atoms with Gasteiger partial charge in [0.25, 0.3) is 0 Å². The lowest BCUT2D eigenvalue weighted by molar-refractivity contribution is 0.155. The van der Waals surface area contributed by atoms with E-state index in [1.54, 1.807) is 21.9 Å². The minimum Gasteiger partial charge on any atom is -0.496 e. The third-order valence-electron chi connectivity index (χ3n) is 3.54. The van der Waals surface area contributed by atoms with Gasteiger partial charge in [-0.3, -0.25) is 0 Å². The monoisotopic (exact) mass is 338 g/mol. The van der Waals surface area contributed by atoms with E-state index in [0.717, 1.165) is 0 Å². The van der Waals surface area contributed by atoms with Crippen LogP contribution in [0.5, 0.6) is 17.2 Å². The molecule has 2 amide bonds. The van der Waals surface area contributed by atoms with Crippen molar-refractivity contribution in [2.45, 2.75) is 27.7 Å². The second-order valence-corrected chi connectivity index (χ2v) is 4.92. The van der Waals surface area contributed by atoms with Crippen LogP contribution in [0, 0.1) is 0 Å². The number of rotatable bonds is 7. The summed E-state index contributed by atoms with van der Waals surface area (Å²) in [6, 6.07) is 4.62. The Kier molecular flexibility index (Phi) is 7.88. The first-order chi connectivity index (χ1) is 11.5. The zero-order valence-electron chi connectivity index (χ0n) is 15.0. The summed E-state index contributed by atoms with van der Waals surface area (Å²) < 4.78 is 15.9. The summed E-state index contributed by atoms with van der Waals surface area (Å²) in [5.41, 5.74) is 0. The van der Waals surface area contributed by atoms with Gasteiger partial charge in [0.15, 0.2) is 0 Å². The summed E-state index contributed by atoms with van der Waals surface area (Å²) in [6.45, 7) is 9.65. The van der Waals surface area contributed by atoms with Crippen molar-refractivity contribution in [3.8, 4) is 17.2 Å². The number of carbonyl (C=O) groups excluding carboxylic acids is 2. The standard InChI is InChI=1S/C17H26N2O5/c1-6-18(7-2)16(20)23-14-10-13(22-5)11-15(12-14)24-17(21)19(8-3)9-4/h10-12H,6-9H2,1-5H3. The molecule has 134 valence electrons. The van der Waals surface area contributed by atoms with Gasteiger partial charge in [-0.25, -0.2) is 9.59 Å². The van der Waals surface area contributed by atoms with Crippen molar-refractivity contribution < 1.29 is 23.8 Å². The first-order valence-electron chi connectivity index (χ1n) is 8.11. The third kappa shape index (κ3) is 5.33. The summed E-state index contributed by atoms with van der Waals surface area (Å²) in [4.78, 5) is 27.2. The van der Waals surface area contributed by atoms with E-state index in [0.29, 0.717) is 31.9 Å². The molecule has 7 heteroatoms. The van der Waals surface area contributed by atoms with Gasteiger partial charge < -0.3 is 24.0 Å². The van der Waals surface area contributed by atoms with Gasteiger partial charge in [-0.05, 0) is 27.7 Å². The molecule has 0 N–H and O–H groups in total. The van der Waals surface area contributed by atoms with Gasteiger partial charge in [0.2, 0.25) is 0 Å². The van der Waals surface area contributed by atoms with Gasteiger partial charge in [-0.1, -0.05) is 0 Å². The number of methoxy groups -OCH3 is 1. The number of hydrogen-bond donors (Lipinski definition) is 0. The Bertz CT molecular complexity index is 510. The number of amides is 2. The second-order valence-electron chi connectivity index (χ2n) is 4.92. The molecule has 0 saturated carbocycles. The van der Waals surface area contributed by atoms with Crippen LogP contribution in [0.3, 0.4) is 0 Å². The number of nitrogens with zero attached hydrogens (tertiary/aromatic N) is 2. The minimum atomic E-state index is -0.464. The average molecular weight is 338 g/mol. The smallest absolute Gasteiger partial charge is 0.415 e. The van der Waals surface area contributed by atoms with Crippen LogP contribution in [-0.2, 0) is 0 Å². The first-order valence-corrected chi connectivity index (χ1v) is 8.11. The molecule has 1 aromatic carbocycles. The van der Waals surface area contributed by atoms with E-state index in [-0.39, 0.29) is 11.5 Å². The predicted molar refractivity (Wildman–Crippen MR) is 90.9 cm³/mol. The molecule has 0 bridgehead atoms. The van der Waals surface area contributed by atoms with Gasteiger partial charge in [0, 0.05) is 44.4 Å². The maximum atomic E-state index is 12.1. The lowest BCUT2D eigenvalue weighted by Crippen LogP contribution is -2.33. The molecule has 0 heterocycles. The van der Waals surface area contributed by atoms with Crippen LogP contribution in [-0.4, -0.2) is 55.3 Å². The van der Waals surface area contributed by atoms with Gasteiger partial charge >= 0.3 is 12.2 Å². The molecule has 1 rings (SSSR count). The third-order valence-corrected chi connectivity index (χ3v) is 3.54. The van der Waals surface area contributed by atoms with Crippen molar-refractivity contribution in [3.63, 3.8) is 0 Å². The van der Waals surface area contributed by atoms with Gasteiger partial charge in [0.1, 0.15) is 17.2 Å². The molecule has 0 aliphatic heterocycles. The quantitative estimate of drug-likeness (QED) is 0.762. The summed E-state index contributed by atoms with van der Waals surface area (Å²) >= 11 is 0. The fraction of sp³-hybridized carbons (Fsp3) is 0.529. The fourth-order valence-electron chi connectivity index (χ4n) is 2.08. The Morgan fingerprint density at radius 2 is 1.08 bits per heavy atom. The van der Waals surface area contributed by atoms with E-state index in [1.807, 2.05) is 27.7 Å². The summed E-state index contributed by atoms with van der Waals surface area (Å²) in [5, 5.41) is 0. The largest absolute Gasteiger partial charge is 0.496 e. The highest BCUT2D eigenvalue weighted by Crippen LogP contribution is 2.28. The van der Waals surface area contributed by atoms with Crippen LogP contribution < -0.4 is 14.2 Å². The van der Waals surface area contributed by atoms with Crippen LogP contribution in [0.1, 0.15) is 27.7 Å². The van der Waals surface area contributed by atoms with Crippen LogP contribution in [0.25, 0.3) is 0 Å². The van der Waals surface area contributed by atoms with Crippen molar-refractivity contribution in [1.82, 2.24) is 9.80 Å². The summed E-state index contributed by atoms with van der Waals surface area (Å²) in [5.74, 6) is 0.949. The molecular formula is C17H26N2O5. The molecule has 1 aromatic rings. The maximum absolute atomic E-state index is 12.1. The van der Waals surface area contributed by atoms with Crippen LogP contribution in [0.2, 0.25) is 0 Å². The number of hydrogen-bond acceptors (Lipinski definition) is 5. The molecule has 0 fully saturated rings. The van der Waals surface area contributed by atoms with Crippen molar-refractivity contribution >= 4 is 12.2 Å². The average Bonchev–Trinajstić information content (AvgIpc) is 2.56. The van der Waals surface area contributed by atoms with Crippen LogP contribution in [0.4, 0.5) is 9.59 Å². The predicted octanol–water partition coefficient (Wildman–Crippen LogP) is 3.38. The van der Waals surface area contributed by atoms with Crippen molar-refractivity contribution in [1.29, 1.82) is 0 Å². The topological polar surface area (TPSA) is 68.3 Å². The Morgan fingerprint density at radius 1 is 0.750 bits per heavy atom. The van der Waals surface area contributed by atoms with Gasteiger partial charge in [-0.2, -0.15) is 0 Å². The molecule has 0 radical (unpaired) electrons. The molecule has 0 aliphatic rings. The van der Waals surface area contributed by atoms with E-state index in [2.05, 4.69) is 0 Å². The molecule has 0 spiro atoms. The summed E-state index contributed by atoms with van der Waals surface area (Å²) in [6.07, 6.45) is -0.927. The molecular weight excluding hydrogens is 312 g/mol. The zero-order valence-corrected chi connectivity index (χ0v) is 15.0. The maximum Gasteiger partial charge on any atom is 0.415 e. The number of carbonyl (C=O) groups is 2. The highest BCUT2D eigenvalue weighted by atomic mass is 16.6. The second kappa shape index (κ2) is 9.64. The zero-order chi connectivity index (χ0) is 18.1.